The number of hydrogen-bond donors (Lipinski definition) is 1. The smallest absolute Gasteiger partial charge is 0.172 e. The van der Waals surface area contributed by atoms with Crippen molar-refractivity contribution in [3.05, 3.63) is 71.3 Å². The van der Waals surface area contributed by atoms with Crippen molar-refractivity contribution in [3.8, 4) is 22.9 Å². The van der Waals surface area contributed by atoms with Crippen molar-refractivity contribution in [3.63, 3.8) is 0 Å². The second-order valence-electron chi connectivity index (χ2n) is 7.14. The van der Waals surface area contributed by atoms with Gasteiger partial charge in [-0.1, -0.05) is 6.92 Å². The molecule has 34 heavy (non-hydrogen) atoms. The first-order valence-corrected chi connectivity index (χ1v) is 10.4. The Morgan fingerprint density at radius 1 is 0.794 bits per heavy atom. The number of aliphatic hydroxyl groups excluding tert-OH is 1. The average molecular weight is 472 g/mol. The van der Waals surface area contributed by atoms with E-state index < -0.39 is 12.4 Å². The lowest BCUT2D eigenvalue weighted by molar-refractivity contribution is 0.272. The highest BCUT2D eigenvalue weighted by Crippen LogP contribution is 2.27. The van der Waals surface area contributed by atoms with Gasteiger partial charge in [0, 0.05) is 11.1 Å². The highest BCUT2D eigenvalue weighted by Gasteiger charge is 2.16. The van der Waals surface area contributed by atoms with E-state index in [1.165, 1.54) is 31.3 Å². The van der Waals surface area contributed by atoms with Crippen LogP contribution in [0.4, 0.5) is 8.78 Å². The summed E-state index contributed by atoms with van der Waals surface area (Å²) in [5, 5.41) is 17.5. The maximum atomic E-state index is 14.0. The van der Waals surface area contributed by atoms with Gasteiger partial charge < -0.3 is 14.6 Å². The van der Waals surface area contributed by atoms with Gasteiger partial charge in [0.15, 0.2) is 23.1 Å². The molecule has 4 rings (SSSR count). The average Bonchev–Trinajstić information content (AvgIpc) is 3.47. The molecule has 11 heteroatoms. The highest BCUT2D eigenvalue weighted by atomic mass is 19.1. The number of aryl methyl sites for hydroxylation is 2. The number of aromatic nitrogens is 6. The summed E-state index contributed by atoms with van der Waals surface area (Å²) >= 11 is 0. The molecule has 0 radical (unpaired) electrons. The van der Waals surface area contributed by atoms with Gasteiger partial charge in [0.25, 0.3) is 0 Å². The molecule has 0 spiro atoms. The van der Waals surface area contributed by atoms with Crippen LogP contribution in [0, 0.1) is 25.5 Å². The van der Waals surface area contributed by atoms with E-state index in [2.05, 4.69) is 20.2 Å². The van der Waals surface area contributed by atoms with Gasteiger partial charge in [0.2, 0.25) is 0 Å². The summed E-state index contributed by atoms with van der Waals surface area (Å²) in [6.07, 6.45) is 3.61. The molecule has 0 fully saturated rings. The zero-order valence-corrected chi connectivity index (χ0v) is 19.6. The molecule has 0 atom stereocenters. The van der Waals surface area contributed by atoms with Crippen molar-refractivity contribution in [1.82, 2.24) is 29.5 Å². The van der Waals surface area contributed by atoms with Crippen molar-refractivity contribution in [1.29, 1.82) is 0 Å². The Labute approximate surface area is 195 Å². The summed E-state index contributed by atoms with van der Waals surface area (Å²) in [6.45, 7) is 4.99. The number of methoxy groups -OCH3 is 2. The number of nitrogens with zero attached hydrogens (tertiary/aromatic N) is 6. The summed E-state index contributed by atoms with van der Waals surface area (Å²) in [5.41, 5.74) is 1.86. The van der Waals surface area contributed by atoms with Crippen LogP contribution in [0.2, 0.25) is 0 Å². The Kier molecular flexibility index (Phi) is 7.90. The molecule has 4 aromatic rings. The van der Waals surface area contributed by atoms with Gasteiger partial charge in [-0.3, -0.25) is 0 Å². The summed E-state index contributed by atoms with van der Waals surface area (Å²) in [7, 11) is 2.83. The molecule has 1 N–H and O–H groups in total. The van der Waals surface area contributed by atoms with Crippen LogP contribution in [0.25, 0.3) is 11.4 Å². The third kappa shape index (κ3) is 5.04. The van der Waals surface area contributed by atoms with E-state index in [1.807, 2.05) is 6.92 Å². The molecule has 0 aliphatic rings. The fourth-order valence-electron chi connectivity index (χ4n) is 3.33. The van der Waals surface area contributed by atoms with Gasteiger partial charge in [-0.25, -0.2) is 28.1 Å². The van der Waals surface area contributed by atoms with E-state index in [9.17, 15) is 13.9 Å². The fourth-order valence-corrected chi connectivity index (χ4v) is 3.33. The molecule has 0 saturated carbocycles. The predicted octanol–water partition coefficient (Wildman–Crippen LogP) is 3.50. The lowest BCUT2D eigenvalue weighted by Crippen LogP contribution is -2.04. The Hall–Kier alpha value is -3.86. The van der Waals surface area contributed by atoms with Crippen LogP contribution < -0.4 is 9.47 Å². The van der Waals surface area contributed by atoms with Crippen molar-refractivity contribution in [2.24, 2.45) is 0 Å². The molecule has 2 aromatic heterocycles. The minimum atomic E-state index is -0.583. The van der Waals surface area contributed by atoms with Crippen LogP contribution >= 0.6 is 0 Å². The molecular weight excluding hydrogens is 446 g/mol. The number of ether oxygens (including phenoxy) is 2. The van der Waals surface area contributed by atoms with Crippen molar-refractivity contribution in [2.75, 3.05) is 14.2 Å². The molecule has 0 unspecified atom stereocenters. The minimum Gasteiger partial charge on any atom is -0.494 e. The Balaban J connectivity index is 0.000000191. The van der Waals surface area contributed by atoms with Crippen LogP contribution in [-0.4, -0.2) is 48.9 Å². The second kappa shape index (κ2) is 10.8. The summed E-state index contributed by atoms with van der Waals surface area (Å²) in [5.74, 6) is 0.659. The Morgan fingerprint density at radius 3 is 1.59 bits per heavy atom. The minimum absolute atomic E-state index is 0.0923. The van der Waals surface area contributed by atoms with E-state index in [4.69, 9.17) is 9.47 Å². The topological polar surface area (TPSA) is 100 Å². The normalized spacial score (nSPS) is 10.6. The van der Waals surface area contributed by atoms with Gasteiger partial charge in [0.1, 0.15) is 24.3 Å². The number of rotatable bonds is 6. The third-order valence-electron chi connectivity index (χ3n) is 5.02. The first-order chi connectivity index (χ1) is 16.3. The van der Waals surface area contributed by atoms with Gasteiger partial charge in [0.05, 0.1) is 32.2 Å². The van der Waals surface area contributed by atoms with Crippen LogP contribution in [-0.2, 0) is 13.0 Å². The van der Waals surface area contributed by atoms with Gasteiger partial charge in [-0.15, -0.1) is 0 Å². The number of benzene rings is 2. The zero-order valence-electron chi connectivity index (χ0n) is 19.6. The van der Waals surface area contributed by atoms with Crippen LogP contribution in [0.3, 0.4) is 0 Å². The summed E-state index contributed by atoms with van der Waals surface area (Å²) < 4.78 is 40.7. The maximum Gasteiger partial charge on any atom is 0.172 e. The maximum absolute atomic E-state index is 14.0. The number of hydrogen-bond acceptors (Lipinski definition) is 7. The molecule has 2 aromatic carbocycles. The van der Waals surface area contributed by atoms with Gasteiger partial charge >= 0.3 is 0 Å². The molecule has 9 nitrogen and oxygen atoms in total. The van der Waals surface area contributed by atoms with E-state index in [0.29, 0.717) is 35.0 Å². The monoisotopic (exact) mass is 472 g/mol. The van der Waals surface area contributed by atoms with E-state index in [0.717, 1.165) is 0 Å². The number of aliphatic hydroxyl groups is 1. The summed E-state index contributed by atoms with van der Waals surface area (Å²) in [4.78, 5) is 8.00. The molecule has 0 aliphatic carbocycles. The summed E-state index contributed by atoms with van der Waals surface area (Å²) in [6, 6.07) is 6.50. The van der Waals surface area contributed by atoms with Crippen molar-refractivity contribution in [2.45, 2.75) is 33.8 Å². The van der Waals surface area contributed by atoms with Crippen LogP contribution in [0.5, 0.6) is 11.5 Å². The Bertz CT molecular complexity index is 1170. The lowest BCUT2D eigenvalue weighted by atomic mass is 10.1. The fraction of sp³-hybridized carbons (Fsp3) is 0.304. The number of halogens is 2. The van der Waals surface area contributed by atoms with Gasteiger partial charge in [-0.05, 0) is 44.5 Å². The van der Waals surface area contributed by atoms with Crippen LogP contribution in [0.15, 0.2) is 36.9 Å². The van der Waals surface area contributed by atoms with Crippen LogP contribution in [0.1, 0.15) is 29.7 Å². The standard InChI is InChI=1S/C12H14FN3O.C11H12FN3O2/c1-4-9-10(16-7-14-8(2)15-16)5-6-11(17-3)12(9)13;1-7-13-6-15(14-7)9-3-4-10(17-2)11(12)8(9)5-16/h5-7H,4H2,1-3H3;3-4,6,16H,5H2,1-2H3. The SMILES string of the molecule is CCc1c(-n2cnc(C)n2)ccc(OC)c1F.COc1ccc(-n2cnc(C)n2)c(CO)c1F. The van der Waals surface area contributed by atoms with Gasteiger partial charge in [-0.2, -0.15) is 10.2 Å². The third-order valence-corrected chi connectivity index (χ3v) is 5.02. The molecule has 2 heterocycles. The first-order valence-electron chi connectivity index (χ1n) is 10.4. The Morgan fingerprint density at radius 2 is 1.24 bits per heavy atom. The van der Waals surface area contributed by atoms with Crippen molar-refractivity contribution >= 4 is 0 Å². The lowest BCUT2D eigenvalue weighted by Gasteiger charge is -2.11. The van der Waals surface area contributed by atoms with E-state index in [-0.39, 0.29) is 22.9 Å². The largest absolute Gasteiger partial charge is 0.494 e. The van der Waals surface area contributed by atoms with Crippen molar-refractivity contribution < 1.29 is 23.4 Å². The van der Waals surface area contributed by atoms with E-state index in [1.54, 1.807) is 43.1 Å². The predicted molar refractivity (Wildman–Crippen MR) is 121 cm³/mol. The first kappa shape index (κ1) is 24.8. The molecule has 0 amide bonds. The van der Waals surface area contributed by atoms with E-state index >= 15 is 0 Å². The highest BCUT2D eigenvalue weighted by molar-refractivity contribution is 5.47. The zero-order chi connectivity index (χ0) is 24.8. The molecular formula is C23H26F2N6O3. The molecule has 0 saturated heterocycles. The quantitative estimate of drug-likeness (QED) is 0.458. The molecule has 180 valence electrons. The molecule has 0 bridgehead atoms. The second-order valence-corrected chi connectivity index (χ2v) is 7.14. The molecule has 0 aliphatic heterocycles.